The number of pyridine rings is 1. The number of imidazole rings is 1. The highest BCUT2D eigenvalue weighted by Gasteiger charge is 2.14. The van der Waals surface area contributed by atoms with Crippen LogP contribution in [0.1, 0.15) is 5.56 Å². The van der Waals surface area contributed by atoms with E-state index in [4.69, 9.17) is 0 Å². The van der Waals surface area contributed by atoms with Gasteiger partial charge in [0.15, 0.2) is 0 Å². The molecule has 4 aromatic rings. The van der Waals surface area contributed by atoms with E-state index in [9.17, 15) is 9.90 Å². The van der Waals surface area contributed by atoms with E-state index in [1.54, 1.807) is 6.20 Å². The summed E-state index contributed by atoms with van der Waals surface area (Å²) in [5.74, 6) is 0.545. The first-order valence-electron chi connectivity index (χ1n) is 10.1. The van der Waals surface area contributed by atoms with E-state index < -0.39 is 0 Å². The third-order valence-electron chi connectivity index (χ3n) is 5.55. The molecule has 2 aromatic carbocycles. The molecule has 0 aliphatic carbocycles. The van der Waals surface area contributed by atoms with Crippen molar-refractivity contribution < 1.29 is 5.11 Å². The van der Waals surface area contributed by atoms with Gasteiger partial charge in [-0.1, -0.05) is 18.2 Å². The van der Waals surface area contributed by atoms with Crippen LogP contribution in [-0.4, -0.2) is 46.2 Å². The zero-order valence-corrected chi connectivity index (χ0v) is 16.5. The number of nitrogens with one attached hydrogen (secondary N) is 3. The van der Waals surface area contributed by atoms with E-state index in [2.05, 4.69) is 37.3 Å². The lowest BCUT2D eigenvalue weighted by atomic mass is 10.0. The molecule has 2 aromatic heterocycles. The van der Waals surface area contributed by atoms with Crippen molar-refractivity contribution in [3.05, 3.63) is 70.6 Å². The second-order valence-corrected chi connectivity index (χ2v) is 7.51. The number of nitrogens with zero attached hydrogens (tertiary/aromatic N) is 2. The number of piperazine rings is 1. The Kier molecular flexibility index (Phi) is 4.82. The van der Waals surface area contributed by atoms with Crippen LogP contribution in [0, 0.1) is 0 Å². The fourth-order valence-electron chi connectivity index (χ4n) is 3.92. The number of aromatic amines is 2. The third kappa shape index (κ3) is 3.49. The van der Waals surface area contributed by atoms with Gasteiger partial charge in [-0.2, -0.15) is 0 Å². The second-order valence-electron chi connectivity index (χ2n) is 7.51. The van der Waals surface area contributed by atoms with Crippen molar-refractivity contribution in [1.29, 1.82) is 0 Å². The summed E-state index contributed by atoms with van der Waals surface area (Å²) in [6.07, 6.45) is 1.69. The maximum atomic E-state index is 12.5. The minimum Gasteiger partial charge on any atom is -0.392 e. The Balaban J connectivity index is 1.53. The van der Waals surface area contributed by atoms with Gasteiger partial charge in [0.05, 0.1) is 23.2 Å². The van der Waals surface area contributed by atoms with E-state index in [1.807, 2.05) is 36.4 Å². The number of rotatable bonds is 4. The lowest BCUT2D eigenvalue weighted by Gasteiger charge is -2.29. The van der Waals surface area contributed by atoms with Crippen LogP contribution in [0.4, 0.5) is 5.69 Å². The van der Waals surface area contributed by atoms with Gasteiger partial charge in [0.25, 0.3) is 5.56 Å². The number of aliphatic hydroxyl groups is 1. The predicted octanol–water partition coefficient (Wildman–Crippen LogP) is 2.49. The van der Waals surface area contributed by atoms with Gasteiger partial charge in [0.2, 0.25) is 0 Å². The van der Waals surface area contributed by atoms with Gasteiger partial charge >= 0.3 is 0 Å². The van der Waals surface area contributed by atoms with Crippen LogP contribution in [-0.2, 0) is 6.61 Å². The molecule has 0 unspecified atom stereocenters. The Labute approximate surface area is 173 Å². The minimum atomic E-state index is -0.196. The highest BCUT2D eigenvalue weighted by molar-refractivity contribution is 5.83. The molecular formula is C23H23N5O2. The zero-order valence-electron chi connectivity index (χ0n) is 16.5. The molecule has 0 amide bonds. The molecule has 30 heavy (non-hydrogen) atoms. The summed E-state index contributed by atoms with van der Waals surface area (Å²) >= 11 is 0. The lowest BCUT2D eigenvalue weighted by Crippen LogP contribution is -2.43. The first-order valence-corrected chi connectivity index (χ1v) is 10.1. The number of H-pyrrole nitrogens is 2. The van der Waals surface area contributed by atoms with Gasteiger partial charge in [-0.05, 0) is 47.0 Å². The molecular weight excluding hydrogens is 378 g/mol. The monoisotopic (exact) mass is 401 g/mol. The number of benzene rings is 2. The number of aliphatic hydroxyl groups excluding tert-OH is 1. The lowest BCUT2D eigenvalue weighted by molar-refractivity contribution is 0.282. The van der Waals surface area contributed by atoms with Crippen LogP contribution >= 0.6 is 0 Å². The molecule has 5 rings (SSSR count). The third-order valence-corrected chi connectivity index (χ3v) is 5.55. The van der Waals surface area contributed by atoms with E-state index in [-0.39, 0.29) is 12.2 Å². The van der Waals surface area contributed by atoms with Gasteiger partial charge < -0.3 is 25.3 Å². The van der Waals surface area contributed by atoms with E-state index >= 15 is 0 Å². The van der Waals surface area contributed by atoms with Crippen molar-refractivity contribution >= 4 is 16.7 Å². The van der Waals surface area contributed by atoms with Crippen molar-refractivity contribution in [1.82, 2.24) is 20.3 Å². The Bertz CT molecular complexity index is 1250. The van der Waals surface area contributed by atoms with Gasteiger partial charge in [-0.15, -0.1) is 0 Å². The van der Waals surface area contributed by atoms with E-state index in [0.29, 0.717) is 11.4 Å². The molecule has 3 heterocycles. The summed E-state index contributed by atoms with van der Waals surface area (Å²) in [5.41, 5.74) is 5.80. The second kappa shape index (κ2) is 7.78. The molecule has 0 radical (unpaired) electrons. The largest absolute Gasteiger partial charge is 0.392 e. The molecule has 0 atom stereocenters. The number of anilines is 1. The summed E-state index contributed by atoms with van der Waals surface area (Å²) in [5, 5.41) is 12.8. The van der Waals surface area contributed by atoms with Crippen molar-refractivity contribution in [2.75, 3.05) is 31.1 Å². The highest BCUT2D eigenvalue weighted by Crippen LogP contribution is 2.26. The number of fused-ring (bicyclic) bond motifs is 1. The van der Waals surface area contributed by atoms with Crippen LogP contribution in [0.2, 0.25) is 0 Å². The molecule has 1 saturated heterocycles. The molecule has 152 valence electrons. The maximum Gasteiger partial charge on any atom is 0.259 e. The first-order chi connectivity index (χ1) is 14.7. The Morgan fingerprint density at radius 3 is 2.73 bits per heavy atom. The van der Waals surface area contributed by atoms with Gasteiger partial charge in [-0.3, -0.25) is 4.79 Å². The van der Waals surface area contributed by atoms with Crippen molar-refractivity contribution in [3.8, 4) is 22.5 Å². The van der Waals surface area contributed by atoms with E-state index in [1.165, 1.54) is 0 Å². The van der Waals surface area contributed by atoms with Gasteiger partial charge in [0, 0.05) is 38.1 Å². The molecule has 1 fully saturated rings. The minimum absolute atomic E-state index is 0.0248. The smallest absolute Gasteiger partial charge is 0.259 e. The summed E-state index contributed by atoms with van der Waals surface area (Å²) in [6, 6.07) is 15.6. The molecule has 0 spiro atoms. The maximum absolute atomic E-state index is 12.5. The SMILES string of the molecule is O=c1[nH]cc(-c2cccc(CO)c2)cc1-c1nc2ccc(N3CCNCC3)cc2[nH]1. The summed E-state index contributed by atoms with van der Waals surface area (Å²) in [6.45, 7) is 3.88. The van der Waals surface area contributed by atoms with Crippen LogP contribution in [0.3, 0.4) is 0 Å². The fraction of sp³-hybridized carbons (Fsp3) is 0.217. The van der Waals surface area contributed by atoms with Crippen LogP contribution in [0.5, 0.6) is 0 Å². The quantitative estimate of drug-likeness (QED) is 0.421. The number of hydrogen-bond donors (Lipinski definition) is 4. The highest BCUT2D eigenvalue weighted by atomic mass is 16.3. The average molecular weight is 401 g/mol. The standard InChI is InChI=1S/C23H23N5O2/c29-14-15-2-1-3-16(10-15)17-11-19(23(30)25-13-17)22-26-20-5-4-18(12-21(20)27-22)28-8-6-24-7-9-28/h1-5,10-13,24,29H,6-9,14H2,(H,25,30)(H,26,27). The van der Waals surface area contributed by atoms with Crippen molar-refractivity contribution in [2.45, 2.75) is 6.61 Å². The van der Waals surface area contributed by atoms with E-state index in [0.717, 1.165) is 59.6 Å². The molecule has 1 aliphatic rings. The first kappa shape index (κ1) is 18.6. The Morgan fingerprint density at radius 1 is 1.03 bits per heavy atom. The van der Waals surface area contributed by atoms with Crippen molar-refractivity contribution in [3.63, 3.8) is 0 Å². The Morgan fingerprint density at radius 2 is 1.90 bits per heavy atom. The van der Waals surface area contributed by atoms with Crippen LogP contribution < -0.4 is 15.8 Å². The van der Waals surface area contributed by atoms with Crippen LogP contribution in [0.15, 0.2) is 59.5 Å². The molecule has 0 bridgehead atoms. The molecule has 1 aliphatic heterocycles. The Hall–Kier alpha value is -3.42. The van der Waals surface area contributed by atoms with Gasteiger partial charge in [-0.25, -0.2) is 4.98 Å². The number of aromatic nitrogens is 3. The molecule has 4 N–H and O–H groups in total. The van der Waals surface area contributed by atoms with Crippen molar-refractivity contribution in [2.24, 2.45) is 0 Å². The normalized spacial score (nSPS) is 14.4. The summed E-state index contributed by atoms with van der Waals surface area (Å²) in [7, 11) is 0. The average Bonchev–Trinajstić information content (AvgIpc) is 3.23. The topological polar surface area (TPSA) is 97.0 Å². The summed E-state index contributed by atoms with van der Waals surface area (Å²) in [4.78, 5) is 25.7. The fourth-order valence-corrected chi connectivity index (χ4v) is 3.92. The molecule has 7 heteroatoms. The molecule has 0 saturated carbocycles. The predicted molar refractivity (Wildman–Crippen MR) is 119 cm³/mol. The molecule has 7 nitrogen and oxygen atoms in total. The van der Waals surface area contributed by atoms with Crippen LogP contribution in [0.25, 0.3) is 33.5 Å². The van der Waals surface area contributed by atoms with Gasteiger partial charge in [0.1, 0.15) is 5.82 Å². The number of hydrogen-bond acceptors (Lipinski definition) is 5. The zero-order chi connectivity index (χ0) is 20.5. The summed E-state index contributed by atoms with van der Waals surface area (Å²) < 4.78 is 0.